The summed E-state index contributed by atoms with van der Waals surface area (Å²) in [5, 5.41) is 0. The van der Waals surface area contributed by atoms with Crippen molar-refractivity contribution in [3.05, 3.63) is 0 Å². The molecule has 0 bridgehead atoms. The minimum absolute atomic E-state index is 0.00840. The largest absolute Gasteiger partial charge is 0.458 e. The van der Waals surface area contributed by atoms with Crippen LogP contribution in [0.5, 0.6) is 0 Å². The molecule has 0 aliphatic heterocycles. The summed E-state index contributed by atoms with van der Waals surface area (Å²) in [6.07, 6.45) is 4.16. The summed E-state index contributed by atoms with van der Waals surface area (Å²) in [6, 6.07) is 0. The van der Waals surface area contributed by atoms with Gasteiger partial charge < -0.3 is 15.2 Å². The number of rotatable bonds is 4. The van der Waals surface area contributed by atoms with Gasteiger partial charge in [-0.25, -0.2) is 4.79 Å². The van der Waals surface area contributed by atoms with Gasteiger partial charge in [0.2, 0.25) is 0 Å². The fourth-order valence-electron chi connectivity index (χ4n) is 2.01. The Morgan fingerprint density at radius 3 is 2.31 bits per heavy atom. The molecule has 4 nitrogen and oxygen atoms in total. The lowest BCUT2D eigenvalue weighted by Gasteiger charge is -2.28. The maximum Gasteiger partial charge on any atom is 0.332 e. The highest BCUT2D eigenvalue weighted by molar-refractivity contribution is 5.71. The van der Waals surface area contributed by atoms with E-state index in [4.69, 9.17) is 15.2 Å². The molecular formula is C12H23NO3. The van der Waals surface area contributed by atoms with Crippen LogP contribution in [0.4, 0.5) is 0 Å². The van der Waals surface area contributed by atoms with Crippen molar-refractivity contribution in [2.45, 2.75) is 57.7 Å². The Kier molecular flexibility index (Phi) is 4.33. The molecule has 1 aliphatic rings. The minimum Gasteiger partial charge on any atom is -0.458 e. The normalized spacial score (nSPS) is 19.8. The zero-order chi connectivity index (χ0) is 12.2. The fourth-order valence-corrected chi connectivity index (χ4v) is 2.01. The standard InChI is InChI=1S/C12H23NO3/c1-11(2,3)16-10(14)8-15-12(9-13)6-4-5-7-12/h4-9,13H2,1-3H3. The molecule has 16 heavy (non-hydrogen) atoms. The molecule has 0 heterocycles. The third-order valence-electron chi connectivity index (χ3n) is 2.80. The van der Waals surface area contributed by atoms with E-state index in [2.05, 4.69) is 0 Å². The van der Waals surface area contributed by atoms with Gasteiger partial charge in [0.15, 0.2) is 0 Å². The van der Waals surface area contributed by atoms with Gasteiger partial charge in [0, 0.05) is 6.54 Å². The van der Waals surface area contributed by atoms with Crippen molar-refractivity contribution in [1.82, 2.24) is 0 Å². The number of carbonyl (C=O) groups is 1. The van der Waals surface area contributed by atoms with E-state index in [1.807, 2.05) is 20.8 Å². The van der Waals surface area contributed by atoms with Gasteiger partial charge in [-0.05, 0) is 33.6 Å². The Labute approximate surface area is 97.5 Å². The molecule has 0 atom stereocenters. The maximum absolute atomic E-state index is 11.5. The predicted octanol–water partition coefficient (Wildman–Crippen LogP) is 1.62. The molecule has 0 aromatic rings. The van der Waals surface area contributed by atoms with Crippen LogP contribution in [0.15, 0.2) is 0 Å². The first-order valence-electron chi connectivity index (χ1n) is 5.93. The molecule has 1 rings (SSSR count). The number of hydrogen-bond donors (Lipinski definition) is 1. The lowest BCUT2D eigenvalue weighted by atomic mass is 10.0. The lowest BCUT2D eigenvalue weighted by molar-refractivity contribution is -0.166. The zero-order valence-corrected chi connectivity index (χ0v) is 10.5. The summed E-state index contributed by atoms with van der Waals surface area (Å²) in [5.41, 5.74) is 4.97. The third-order valence-corrected chi connectivity index (χ3v) is 2.80. The maximum atomic E-state index is 11.5. The van der Waals surface area contributed by atoms with Gasteiger partial charge >= 0.3 is 5.97 Å². The van der Waals surface area contributed by atoms with E-state index in [0.717, 1.165) is 25.7 Å². The molecule has 0 aromatic heterocycles. The van der Waals surface area contributed by atoms with E-state index in [1.165, 1.54) is 0 Å². The molecule has 1 saturated carbocycles. The van der Waals surface area contributed by atoms with Crippen LogP contribution >= 0.6 is 0 Å². The van der Waals surface area contributed by atoms with Crippen LogP contribution in [0.1, 0.15) is 46.5 Å². The van der Waals surface area contributed by atoms with E-state index in [0.29, 0.717) is 6.54 Å². The quantitative estimate of drug-likeness (QED) is 0.744. The average Bonchev–Trinajstić information content (AvgIpc) is 2.61. The molecular weight excluding hydrogens is 206 g/mol. The van der Waals surface area contributed by atoms with Crippen molar-refractivity contribution in [3.8, 4) is 0 Å². The summed E-state index contributed by atoms with van der Waals surface area (Å²) < 4.78 is 10.8. The molecule has 0 aromatic carbocycles. The Morgan fingerprint density at radius 2 is 1.88 bits per heavy atom. The molecule has 0 radical (unpaired) electrons. The van der Waals surface area contributed by atoms with Crippen LogP contribution in [-0.4, -0.2) is 30.3 Å². The predicted molar refractivity (Wildman–Crippen MR) is 62.1 cm³/mol. The van der Waals surface area contributed by atoms with Gasteiger partial charge in [0.25, 0.3) is 0 Å². The Bertz CT molecular complexity index is 239. The van der Waals surface area contributed by atoms with Crippen LogP contribution in [0, 0.1) is 0 Å². The van der Waals surface area contributed by atoms with Gasteiger partial charge in [-0.15, -0.1) is 0 Å². The van der Waals surface area contributed by atoms with Crippen molar-refractivity contribution in [2.24, 2.45) is 5.73 Å². The van der Waals surface area contributed by atoms with E-state index in [-0.39, 0.29) is 18.2 Å². The van der Waals surface area contributed by atoms with Gasteiger partial charge in [-0.2, -0.15) is 0 Å². The van der Waals surface area contributed by atoms with E-state index >= 15 is 0 Å². The monoisotopic (exact) mass is 229 g/mol. The zero-order valence-electron chi connectivity index (χ0n) is 10.5. The minimum atomic E-state index is -0.452. The van der Waals surface area contributed by atoms with E-state index in [1.54, 1.807) is 0 Å². The fraction of sp³-hybridized carbons (Fsp3) is 0.917. The van der Waals surface area contributed by atoms with Crippen LogP contribution in [0.2, 0.25) is 0 Å². The SMILES string of the molecule is CC(C)(C)OC(=O)COC1(CN)CCCC1. The number of hydrogen-bond acceptors (Lipinski definition) is 4. The molecule has 0 spiro atoms. The smallest absolute Gasteiger partial charge is 0.332 e. The second-order valence-corrected chi connectivity index (χ2v) is 5.47. The van der Waals surface area contributed by atoms with Crippen LogP contribution in [-0.2, 0) is 14.3 Å². The highest BCUT2D eigenvalue weighted by Gasteiger charge is 2.34. The van der Waals surface area contributed by atoms with Crippen molar-refractivity contribution < 1.29 is 14.3 Å². The Balaban J connectivity index is 2.35. The highest BCUT2D eigenvalue weighted by atomic mass is 16.6. The molecule has 94 valence electrons. The lowest BCUT2D eigenvalue weighted by Crippen LogP contribution is -2.40. The first kappa shape index (κ1) is 13.5. The summed E-state index contributed by atoms with van der Waals surface area (Å²) in [5.74, 6) is -0.313. The van der Waals surface area contributed by atoms with Crippen LogP contribution in [0.25, 0.3) is 0 Å². The first-order valence-corrected chi connectivity index (χ1v) is 5.93. The second kappa shape index (κ2) is 5.15. The molecule has 2 N–H and O–H groups in total. The van der Waals surface area contributed by atoms with Gasteiger partial charge in [0.05, 0.1) is 5.60 Å². The molecule has 0 saturated heterocycles. The van der Waals surface area contributed by atoms with Crippen LogP contribution < -0.4 is 5.73 Å². The topological polar surface area (TPSA) is 61.5 Å². The molecule has 4 heteroatoms. The van der Waals surface area contributed by atoms with Crippen molar-refractivity contribution >= 4 is 5.97 Å². The third kappa shape index (κ3) is 4.10. The Morgan fingerprint density at radius 1 is 1.31 bits per heavy atom. The van der Waals surface area contributed by atoms with Crippen molar-refractivity contribution in [3.63, 3.8) is 0 Å². The van der Waals surface area contributed by atoms with E-state index in [9.17, 15) is 4.79 Å². The summed E-state index contributed by atoms with van der Waals surface area (Å²) >= 11 is 0. The molecule has 0 amide bonds. The number of esters is 1. The summed E-state index contributed by atoms with van der Waals surface area (Å²) in [4.78, 5) is 11.5. The summed E-state index contributed by atoms with van der Waals surface area (Å²) in [7, 11) is 0. The van der Waals surface area contributed by atoms with Crippen LogP contribution in [0.3, 0.4) is 0 Å². The summed E-state index contributed by atoms with van der Waals surface area (Å²) in [6.45, 7) is 6.03. The van der Waals surface area contributed by atoms with Gasteiger partial charge in [0.1, 0.15) is 12.2 Å². The number of carbonyl (C=O) groups excluding carboxylic acids is 1. The molecule has 1 fully saturated rings. The first-order chi connectivity index (χ1) is 7.37. The van der Waals surface area contributed by atoms with Crippen molar-refractivity contribution in [2.75, 3.05) is 13.2 Å². The highest BCUT2D eigenvalue weighted by Crippen LogP contribution is 2.32. The van der Waals surface area contributed by atoms with E-state index < -0.39 is 5.60 Å². The van der Waals surface area contributed by atoms with Gasteiger partial charge in [-0.3, -0.25) is 0 Å². The second-order valence-electron chi connectivity index (χ2n) is 5.47. The Hall–Kier alpha value is -0.610. The molecule has 1 aliphatic carbocycles. The number of ether oxygens (including phenoxy) is 2. The molecule has 0 unspecified atom stereocenters. The number of nitrogens with two attached hydrogens (primary N) is 1. The average molecular weight is 229 g/mol. The van der Waals surface area contributed by atoms with Crippen molar-refractivity contribution in [1.29, 1.82) is 0 Å². The van der Waals surface area contributed by atoms with Gasteiger partial charge in [-0.1, -0.05) is 12.8 Å².